The minimum atomic E-state index is -0.454. The number of fused-ring (bicyclic) bond motifs is 1. The van der Waals surface area contributed by atoms with Crippen LogP contribution in [-0.4, -0.2) is 46.9 Å². The van der Waals surface area contributed by atoms with Crippen LogP contribution in [0.25, 0.3) is 17.2 Å². The fourth-order valence-corrected chi connectivity index (χ4v) is 3.56. The summed E-state index contributed by atoms with van der Waals surface area (Å²) in [6.07, 6.45) is 5.81. The molecule has 4 rings (SSSR count). The zero-order valence-electron chi connectivity index (χ0n) is 16.2. The van der Waals surface area contributed by atoms with Crippen molar-refractivity contribution in [1.82, 2.24) is 40.0 Å². The fourth-order valence-electron chi connectivity index (χ4n) is 3.03. The number of rotatable bonds is 7. The maximum atomic E-state index is 13.1. The molecule has 4 heterocycles. The second kappa shape index (κ2) is 8.03. The Morgan fingerprint density at radius 3 is 2.93 bits per heavy atom. The van der Waals surface area contributed by atoms with Gasteiger partial charge in [0.15, 0.2) is 16.7 Å². The van der Waals surface area contributed by atoms with Crippen LogP contribution in [-0.2, 0) is 0 Å². The van der Waals surface area contributed by atoms with Crippen LogP contribution in [0.15, 0.2) is 40.4 Å². The van der Waals surface area contributed by atoms with Gasteiger partial charge in [0, 0.05) is 6.20 Å². The zero-order valence-corrected chi connectivity index (χ0v) is 17.0. The summed E-state index contributed by atoms with van der Waals surface area (Å²) >= 11 is 1.48. The number of hydrogen-bond acceptors (Lipinski definition) is 8. The number of amides is 1. The van der Waals surface area contributed by atoms with Crippen LogP contribution in [0, 0.1) is 5.92 Å². The van der Waals surface area contributed by atoms with Gasteiger partial charge in [0.2, 0.25) is 11.7 Å². The number of imidazole rings is 1. The molecule has 0 spiro atoms. The van der Waals surface area contributed by atoms with E-state index in [1.165, 1.54) is 18.1 Å². The largest absolute Gasteiger partial charge is 0.339 e. The van der Waals surface area contributed by atoms with Gasteiger partial charge in [-0.25, -0.2) is 9.97 Å². The topological polar surface area (TPSA) is 127 Å². The van der Waals surface area contributed by atoms with Gasteiger partial charge in [-0.3, -0.25) is 14.3 Å². The van der Waals surface area contributed by atoms with Crippen molar-refractivity contribution in [3.8, 4) is 11.6 Å². The average Bonchev–Trinajstić information content (AvgIpc) is 3.45. The Balaban J connectivity index is 1.63. The molecule has 0 saturated carbocycles. The first-order valence-corrected chi connectivity index (χ1v) is 10.3. The number of aromatic amines is 1. The van der Waals surface area contributed by atoms with E-state index in [-0.39, 0.29) is 11.7 Å². The molecule has 1 unspecified atom stereocenters. The summed E-state index contributed by atoms with van der Waals surface area (Å²) in [5.41, 5.74) is 1.10. The smallest absolute Gasteiger partial charge is 0.272 e. The van der Waals surface area contributed by atoms with Gasteiger partial charge in [-0.05, 0) is 30.7 Å². The van der Waals surface area contributed by atoms with Gasteiger partial charge in [0.25, 0.3) is 5.91 Å². The minimum Gasteiger partial charge on any atom is -0.339 e. The summed E-state index contributed by atoms with van der Waals surface area (Å²) in [7, 11) is 0. The molecule has 29 heavy (non-hydrogen) atoms. The van der Waals surface area contributed by atoms with Gasteiger partial charge in [-0.2, -0.15) is 10.1 Å². The van der Waals surface area contributed by atoms with E-state index in [0.717, 1.165) is 10.7 Å². The molecule has 0 aliphatic carbocycles. The summed E-state index contributed by atoms with van der Waals surface area (Å²) < 4.78 is 7.30. The molecule has 0 aliphatic heterocycles. The summed E-state index contributed by atoms with van der Waals surface area (Å²) in [4.78, 5) is 26.0. The highest BCUT2D eigenvalue weighted by Gasteiger charge is 2.26. The highest BCUT2D eigenvalue weighted by Crippen LogP contribution is 2.24. The molecule has 0 fully saturated rings. The predicted molar refractivity (Wildman–Crippen MR) is 106 cm³/mol. The standard InChI is InChI=1S/C18H20N8O2S/c1-10(2)8-11(17-23-15(25-28-17)14-19-9-20-24-14)21-16(27)13-12-6-4-5-7-26(12)18(22-13)29-3/h4-7,9-11H,8H2,1-3H3,(H,21,27)(H,19,20,24). The molecule has 0 radical (unpaired) electrons. The Morgan fingerprint density at radius 1 is 1.34 bits per heavy atom. The third kappa shape index (κ3) is 3.86. The third-order valence-electron chi connectivity index (χ3n) is 4.29. The molecule has 150 valence electrons. The third-order valence-corrected chi connectivity index (χ3v) is 4.95. The van der Waals surface area contributed by atoms with E-state index in [9.17, 15) is 4.79 Å². The molecule has 1 amide bonds. The number of thioether (sulfide) groups is 1. The van der Waals surface area contributed by atoms with Crippen LogP contribution in [0.2, 0.25) is 0 Å². The minimum absolute atomic E-state index is 0.289. The summed E-state index contributed by atoms with van der Waals surface area (Å²) in [5.74, 6) is 1.00. The van der Waals surface area contributed by atoms with E-state index >= 15 is 0 Å². The van der Waals surface area contributed by atoms with E-state index in [1.54, 1.807) is 0 Å². The second-order valence-corrected chi connectivity index (χ2v) is 7.62. The van der Waals surface area contributed by atoms with Crippen molar-refractivity contribution < 1.29 is 9.32 Å². The zero-order chi connectivity index (χ0) is 20.4. The van der Waals surface area contributed by atoms with Crippen molar-refractivity contribution in [2.24, 2.45) is 5.92 Å². The first-order valence-electron chi connectivity index (χ1n) is 9.08. The molecule has 4 aromatic rings. The maximum absolute atomic E-state index is 13.1. The first kappa shape index (κ1) is 19.1. The number of carbonyl (C=O) groups is 1. The van der Waals surface area contributed by atoms with Crippen LogP contribution in [0.1, 0.15) is 42.7 Å². The van der Waals surface area contributed by atoms with Crippen molar-refractivity contribution in [3.63, 3.8) is 0 Å². The first-order chi connectivity index (χ1) is 14.1. The Kier molecular flexibility index (Phi) is 5.30. The van der Waals surface area contributed by atoms with Crippen LogP contribution < -0.4 is 5.32 Å². The van der Waals surface area contributed by atoms with E-state index < -0.39 is 6.04 Å². The van der Waals surface area contributed by atoms with Gasteiger partial charge in [-0.1, -0.05) is 36.8 Å². The van der Waals surface area contributed by atoms with Crippen LogP contribution in [0.5, 0.6) is 0 Å². The van der Waals surface area contributed by atoms with Crippen molar-refractivity contribution in [2.45, 2.75) is 31.5 Å². The van der Waals surface area contributed by atoms with Crippen LogP contribution in [0.4, 0.5) is 0 Å². The molecule has 0 aliphatic rings. The predicted octanol–water partition coefficient (Wildman–Crippen LogP) is 2.74. The number of carbonyl (C=O) groups excluding carboxylic acids is 1. The lowest BCUT2D eigenvalue weighted by atomic mass is 10.0. The van der Waals surface area contributed by atoms with Crippen molar-refractivity contribution >= 4 is 23.2 Å². The second-order valence-electron chi connectivity index (χ2n) is 6.85. The molecular formula is C18H20N8O2S. The fraction of sp³-hybridized carbons (Fsp3) is 0.333. The van der Waals surface area contributed by atoms with Gasteiger partial charge in [0.1, 0.15) is 12.4 Å². The van der Waals surface area contributed by atoms with E-state index in [0.29, 0.717) is 29.7 Å². The number of hydrogen-bond donors (Lipinski definition) is 2. The average molecular weight is 412 g/mol. The highest BCUT2D eigenvalue weighted by atomic mass is 32.2. The van der Waals surface area contributed by atoms with Gasteiger partial charge in [-0.15, -0.1) is 0 Å². The normalized spacial score (nSPS) is 12.6. The van der Waals surface area contributed by atoms with Gasteiger partial charge >= 0.3 is 0 Å². The molecule has 0 saturated heterocycles. The summed E-state index contributed by atoms with van der Waals surface area (Å²) in [6, 6.07) is 5.20. The molecular weight excluding hydrogens is 392 g/mol. The van der Waals surface area contributed by atoms with Crippen molar-refractivity contribution in [3.05, 3.63) is 42.3 Å². The van der Waals surface area contributed by atoms with Gasteiger partial charge in [0.05, 0.1) is 5.52 Å². The lowest BCUT2D eigenvalue weighted by Crippen LogP contribution is -2.30. The van der Waals surface area contributed by atoms with Crippen LogP contribution in [0.3, 0.4) is 0 Å². The monoisotopic (exact) mass is 412 g/mol. The quantitative estimate of drug-likeness (QED) is 0.444. The number of nitrogens with one attached hydrogen (secondary N) is 2. The molecule has 10 nitrogen and oxygen atoms in total. The van der Waals surface area contributed by atoms with Gasteiger partial charge < -0.3 is 9.84 Å². The molecule has 2 N–H and O–H groups in total. The highest BCUT2D eigenvalue weighted by molar-refractivity contribution is 7.98. The molecule has 1 atom stereocenters. The lowest BCUT2D eigenvalue weighted by Gasteiger charge is -2.16. The summed E-state index contributed by atoms with van der Waals surface area (Å²) in [6.45, 7) is 4.12. The lowest BCUT2D eigenvalue weighted by molar-refractivity contribution is 0.0919. The maximum Gasteiger partial charge on any atom is 0.272 e. The van der Waals surface area contributed by atoms with E-state index in [2.05, 4.69) is 49.5 Å². The summed E-state index contributed by atoms with van der Waals surface area (Å²) in [5, 5.41) is 14.2. The Morgan fingerprint density at radius 2 is 2.21 bits per heavy atom. The Bertz CT molecular complexity index is 1120. The Labute approximate surface area is 170 Å². The number of aromatic nitrogens is 7. The molecule has 0 aromatic carbocycles. The number of H-pyrrole nitrogens is 1. The molecule has 0 bridgehead atoms. The molecule has 4 aromatic heterocycles. The van der Waals surface area contributed by atoms with E-state index in [1.807, 2.05) is 35.1 Å². The Hall–Kier alpha value is -3.21. The number of nitrogens with zero attached hydrogens (tertiary/aromatic N) is 6. The van der Waals surface area contributed by atoms with E-state index in [4.69, 9.17) is 4.52 Å². The molecule has 11 heteroatoms. The van der Waals surface area contributed by atoms with Crippen molar-refractivity contribution in [2.75, 3.05) is 6.26 Å². The van der Waals surface area contributed by atoms with Crippen LogP contribution >= 0.6 is 11.8 Å². The van der Waals surface area contributed by atoms with Crippen molar-refractivity contribution in [1.29, 1.82) is 0 Å². The number of pyridine rings is 1. The SMILES string of the molecule is CSc1nc(C(=O)NC(CC(C)C)c2nc(-c3ncn[nH]3)no2)c2ccccn12.